The summed E-state index contributed by atoms with van der Waals surface area (Å²) < 4.78 is 5.53. The lowest BCUT2D eigenvalue weighted by atomic mass is 10.2. The smallest absolute Gasteiger partial charge is 0.261 e. The Hall–Kier alpha value is -2.87. The van der Waals surface area contributed by atoms with Crippen molar-refractivity contribution < 1.29 is 9.53 Å². The number of carbonyl (C=O) groups is 1. The van der Waals surface area contributed by atoms with E-state index in [1.807, 2.05) is 18.2 Å². The van der Waals surface area contributed by atoms with E-state index in [4.69, 9.17) is 10.00 Å². The molecule has 2 aromatic rings. The lowest BCUT2D eigenvalue weighted by Gasteiger charge is -2.14. The molecule has 0 aliphatic heterocycles. The Morgan fingerprint density at radius 3 is 2.57 bits per heavy atom. The Bertz CT molecular complexity index is 633. The van der Waals surface area contributed by atoms with Crippen molar-refractivity contribution in [3.05, 3.63) is 59.9 Å². The van der Waals surface area contributed by atoms with E-state index in [-0.39, 0.29) is 5.91 Å². The van der Waals surface area contributed by atoms with Gasteiger partial charge in [-0.2, -0.15) is 5.26 Å². The van der Waals surface area contributed by atoms with Gasteiger partial charge in [-0.1, -0.05) is 0 Å². The largest absolute Gasteiger partial charge is 0.481 e. The molecule has 0 aliphatic rings. The first-order chi connectivity index (χ1) is 10.2. The second kappa shape index (κ2) is 7.06. The molecule has 0 saturated carbocycles. The van der Waals surface area contributed by atoms with Crippen LogP contribution in [0.3, 0.4) is 0 Å². The van der Waals surface area contributed by atoms with Crippen LogP contribution >= 0.6 is 0 Å². The van der Waals surface area contributed by atoms with E-state index in [0.29, 0.717) is 17.9 Å². The highest BCUT2D eigenvalue weighted by Crippen LogP contribution is 2.13. The average Bonchev–Trinajstić information content (AvgIpc) is 2.54. The van der Waals surface area contributed by atoms with Gasteiger partial charge in [-0.3, -0.25) is 9.78 Å². The van der Waals surface area contributed by atoms with Crippen LogP contribution in [0.5, 0.6) is 5.75 Å². The van der Waals surface area contributed by atoms with Crippen molar-refractivity contribution in [2.45, 2.75) is 19.6 Å². The first kappa shape index (κ1) is 14.5. The minimum atomic E-state index is -0.611. The Kier molecular flexibility index (Phi) is 4.89. The van der Waals surface area contributed by atoms with E-state index in [0.717, 1.165) is 5.56 Å². The van der Waals surface area contributed by atoms with Crippen molar-refractivity contribution in [1.29, 1.82) is 5.26 Å². The first-order valence-corrected chi connectivity index (χ1v) is 6.52. The SMILES string of the molecule is CC(Oc1ccc(C#N)cc1)C(=O)NCc1ccncc1. The summed E-state index contributed by atoms with van der Waals surface area (Å²) in [7, 11) is 0. The van der Waals surface area contributed by atoms with Crippen LogP contribution in [0.2, 0.25) is 0 Å². The van der Waals surface area contributed by atoms with Crippen LogP contribution in [0.1, 0.15) is 18.1 Å². The van der Waals surface area contributed by atoms with Gasteiger partial charge in [0.25, 0.3) is 5.91 Å². The third-order valence-electron chi connectivity index (χ3n) is 2.88. The third kappa shape index (κ3) is 4.32. The summed E-state index contributed by atoms with van der Waals surface area (Å²) in [6, 6.07) is 12.4. The van der Waals surface area contributed by atoms with Crippen molar-refractivity contribution in [1.82, 2.24) is 10.3 Å². The van der Waals surface area contributed by atoms with Crippen LogP contribution in [0, 0.1) is 11.3 Å². The minimum Gasteiger partial charge on any atom is -0.481 e. The number of hydrogen-bond acceptors (Lipinski definition) is 4. The number of ether oxygens (including phenoxy) is 1. The van der Waals surface area contributed by atoms with Crippen LogP contribution < -0.4 is 10.1 Å². The van der Waals surface area contributed by atoms with Crippen LogP contribution in [0.15, 0.2) is 48.8 Å². The summed E-state index contributed by atoms with van der Waals surface area (Å²) in [5.74, 6) is 0.358. The molecule has 0 saturated heterocycles. The fourth-order valence-corrected chi connectivity index (χ4v) is 1.70. The lowest BCUT2D eigenvalue weighted by molar-refractivity contribution is -0.127. The van der Waals surface area contributed by atoms with Crippen LogP contribution in [-0.4, -0.2) is 17.0 Å². The monoisotopic (exact) mass is 281 g/mol. The van der Waals surface area contributed by atoms with Crippen LogP contribution in [0.4, 0.5) is 0 Å². The summed E-state index contributed by atoms with van der Waals surface area (Å²) in [4.78, 5) is 15.9. The zero-order valence-electron chi connectivity index (χ0n) is 11.6. The normalized spacial score (nSPS) is 11.2. The molecule has 0 spiro atoms. The van der Waals surface area contributed by atoms with Gasteiger partial charge in [0.2, 0.25) is 0 Å². The Morgan fingerprint density at radius 1 is 1.29 bits per heavy atom. The van der Waals surface area contributed by atoms with Crippen LogP contribution in [0.25, 0.3) is 0 Å². The molecule has 0 radical (unpaired) electrons. The van der Waals surface area contributed by atoms with Crippen molar-refractivity contribution in [2.24, 2.45) is 0 Å². The fraction of sp³-hybridized carbons (Fsp3) is 0.188. The topological polar surface area (TPSA) is 75.0 Å². The molecular weight excluding hydrogens is 266 g/mol. The number of benzene rings is 1. The van der Waals surface area contributed by atoms with Gasteiger partial charge in [0, 0.05) is 18.9 Å². The molecule has 2 rings (SSSR count). The maximum absolute atomic E-state index is 11.9. The predicted molar refractivity (Wildman–Crippen MR) is 77.3 cm³/mol. The predicted octanol–water partition coefficient (Wildman–Crippen LogP) is 2.04. The molecular formula is C16H15N3O2. The van der Waals surface area contributed by atoms with Gasteiger partial charge in [-0.15, -0.1) is 0 Å². The molecule has 1 N–H and O–H groups in total. The van der Waals surface area contributed by atoms with Gasteiger partial charge in [-0.25, -0.2) is 0 Å². The number of rotatable bonds is 5. The highest BCUT2D eigenvalue weighted by molar-refractivity contribution is 5.80. The number of pyridine rings is 1. The van der Waals surface area contributed by atoms with Gasteiger partial charge in [0.05, 0.1) is 11.6 Å². The Labute approximate surface area is 123 Å². The molecule has 1 unspecified atom stereocenters. The molecule has 0 bridgehead atoms. The van der Waals surface area contributed by atoms with Crippen LogP contribution in [-0.2, 0) is 11.3 Å². The molecule has 1 atom stereocenters. The van der Waals surface area contributed by atoms with Crippen molar-refractivity contribution in [3.8, 4) is 11.8 Å². The molecule has 0 fully saturated rings. The maximum Gasteiger partial charge on any atom is 0.261 e. The summed E-state index contributed by atoms with van der Waals surface area (Å²) in [6.45, 7) is 2.11. The van der Waals surface area contributed by atoms with E-state index in [1.54, 1.807) is 43.6 Å². The summed E-state index contributed by atoms with van der Waals surface area (Å²) in [5.41, 5.74) is 1.53. The molecule has 1 amide bonds. The van der Waals surface area contributed by atoms with Gasteiger partial charge < -0.3 is 10.1 Å². The van der Waals surface area contributed by atoms with E-state index in [2.05, 4.69) is 10.3 Å². The molecule has 106 valence electrons. The highest BCUT2D eigenvalue weighted by atomic mass is 16.5. The average molecular weight is 281 g/mol. The zero-order chi connectivity index (χ0) is 15.1. The zero-order valence-corrected chi connectivity index (χ0v) is 11.6. The number of carbonyl (C=O) groups excluding carboxylic acids is 1. The molecule has 1 aromatic carbocycles. The first-order valence-electron chi connectivity index (χ1n) is 6.52. The van der Waals surface area contributed by atoms with Gasteiger partial charge in [0.1, 0.15) is 5.75 Å². The van der Waals surface area contributed by atoms with Gasteiger partial charge in [0.15, 0.2) is 6.10 Å². The molecule has 0 aliphatic carbocycles. The molecule has 21 heavy (non-hydrogen) atoms. The molecule has 1 heterocycles. The number of amides is 1. The Morgan fingerprint density at radius 2 is 1.95 bits per heavy atom. The standard InChI is InChI=1S/C16H15N3O2/c1-12(21-15-4-2-13(10-17)3-5-15)16(20)19-11-14-6-8-18-9-7-14/h2-9,12H,11H2,1H3,(H,19,20). The minimum absolute atomic E-state index is 0.198. The highest BCUT2D eigenvalue weighted by Gasteiger charge is 2.14. The summed E-state index contributed by atoms with van der Waals surface area (Å²) >= 11 is 0. The van der Waals surface area contributed by atoms with Crippen molar-refractivity contribution in [3.63, 3.8) is 0 Å². The quantitative estimate of drug-likeness (QED) is 0.910. The summed E-state index contributed by atoms with van der Waals surface area (Å²) in [5, 5.41) is 11.5. The van der Waals surface area contributed by atoms with E-state index < -0.39 is 6.10 Å². The molecule has 1 aromatic heterocycles. The third-order valence-corrected chi connectivity index (χ3v) is 2.88. The van der Waals surface area contributed by atoms with Gasteiger partial charge in [-0.05, 0) is 48.9 Å². The number of nitrogens with one attached hydrogen (secondary N) is 1. The second-order valence-corrected chi connectivity index (χ2v) is 4.47. The Balaban J connectivity index is 1.86. The van der Waals surface area contributed by atoms with Gasteiger partial charge >= 0.3 is 0 Å². The summed E-state index contributed by atoms with van der Waals surface area (Å²) in [6.07, 6.45) is 2.75. The fourth-order valence-electron chi connectivity index (χ4n) is 1.70. The van der Waals surface area contributed by atoms with E-state index in [9.17, 15) is 4.79 Å². The second-order valence-electron chi connectivity index (χ2n) is 4.47. The maximum atomic E-state index is 11.9. The molecule has 5 heteroatoms. The number of nitrogens with zero attached hydrogens (tertiary/aromatic N) is 2. The number of hydrogen-bond donors (Lipinski definition) is 1. The van der Waals surface area contributed by atoms with E-state index in [1.165, 1.54) is 0 Å². The molecule has 5 nitrogen and oxygen atoms in total. The number of aromatic nitrogens is 1. The van der Waals surface area contributed by atoms with E-state index >= 15 is 0 Å². The lowest BCUT2D eigenvalue weighted by Crippen LogP contribution is -2.35. The van der Waals surface area contributed by atoms with Crippen molar-refractivity contribution >= 4 is 5.91 Å². The van der Waals surface area contributed by atoms with Crippen molar-refractivity contribution in [2.75, 3.05) is 0 Å². The number of nitriles is 1.